The highest BCUT2D eigenvalue weighted by molar-refractivity contribution is 9.09. The van der Waals surface area contributed by atoms with Crippen molar-refractivity contribution in [3.63, 3.8) is 0 Å². The second-order valence-corrected chi connectivity index (χ2v) is 5.30. The number of amides is 1. The first-order chi connectivity index (χ1) is 8.54. The van der Waals surface area contributed by atoms with Gasteiger partial charge in [-0.3, -0.25) is 4.79 Å². The molecule has 98 valence electrons. The maximum atomic E-state index is 13.0. The van der Waals surface area contributed by atoms with Crippen molar-refractivity contribution in [1.82, 2.24) is 5.32 Å². The van der Waals surface area contributed by atoms with E-state index in [4.69, 9.17) is 0 Å². The molecule has 18 heavy (non-hydrogen) atoms. The standard InChI is InChI=1S/C13H14BrF2NO/c14-8-13(4-1-5-13)17-12(18)7-9-2-3-10(15)11(16)6-9/h2-3,6H,1,4-5,7-8H2,(H,17,18). The summed E-state index contributed by atoms with van der Waals surface area (Å²) >= 11 is 3.39. The lowest BCUT2D eigenvalue weighted by Crippen LogP contribution is -2.55. The molecule has 1 aliphatic carbocycles. The molecule has 1 amide bonds. The molecule has 1 aromatic carbocycles. The van der Waals surface area contributed by atoms with Crippen molar-refractivity contribution in [3.05, 3.63) is 35.4 Å². The Morgan fingerprint density at radius 3 is 2.56 bits per heavy atom. The Morgan fingerprint density at radius 1 is 1.33 bits per heavy atom. The van der Waals surface area contributed by atoms with Crippen LogP contribution in [0, 0.1) is 11.6 Å². The van der Waals surface area contributed by atoms with Gasteiger partial charge in [0, 0.05) is 10.9 Å². The van der Waals surface area contributed by atoms with E-state index in [0.29, 0.717) is 5.56 Å². The third kappa shape index (κ3) is 2.88. The van der Waals surface area contributed by atoms with Gasteiger partial charge in [-0.2, -0.15) is 0 Å². The van der Waals surface area contributed by atoms with Gasteiger partial charge < -0.3 is 5.32 Å². The maximum absolute atomic E-state index is 13.0. The molecule has 2 rings (SSSR count). The van der Waals surface area contributed by atoms with Crippen LogP contribution in [-0.4, -0.2) is 16.8 Å². The average molecular weight is 318 g/mol. The second-order valence-electron chi connectivity index (χ2n) is 4.74. The zero-order valence-electron chi connectivity index (χ0n) is 9.81. The number of halogens is 3. The van der Waals surface area contributed by atoms with Gasteiger partial charge in [-0.15, -0.1) is 0 Å². The summed E-state index contributed by atoms with van der Waals surface area (Å²) < 4.78 is 25.7. The van der Waals surface area contributed by atoms with Crippen LogP contribution in [-0.2, 0) is 11.2 Å². The zero-order valence-corrected chi connectivity index (χ0v) is 11.4. The maximum Gasteiger partial charge on any atom is 0.224 e. The Balaban J connectivity index is 1.96. The minimum atomic E-state index is -0.917. The summed E-state index contributed by atoms with van der Waals surface area (Å²) in [6, 6.07) is 3.54. The van der Waals surface area contributed by atoms with E-state index in [9.17, 15) is 13.6 Å². The fourth-order valence-corrected chi connectivity index (χ4v) is 2.77. The lowest BCUT2D eigenvalue weighted by atomic mass is 9.78. The van der Waals surface area contributed by atoms with Crippen molar-refractivity contribution < 1.29 is 13.6 Å². The van der Waals surface area contributed by atoms with Crippen LogP contribution in [0.4, 0.5) is 8.78 Å². The predicted octanol–water partition coefficient (Wildman–Crippen LogP) is 2.94. The normalized spacial score (nSPS) is 17.1. The molecular formula is C13H14BrF2NO. The minimum Gasteiger partial charge on any atom is -0.350 e. The number of alkyl halides is 1. The van der Waals surface area contributed by atoms with Crippen molar-refractivity contribution in [2.75, 3.05) is 5.33 Å². The Labute approximate surface area is 113 Å². The highest BCUT2D eigenvalue weighted by atomic mass is 79.9. The molecule has 0 bridgehead atoms. The van der Waals surface area contributed by atoms with Crippen LogP contribution in [0.1, 0.15) is 24.8 Å². The third-order valence-electron chi connectivity index (χ3n) is 3.32. The lowest BCUT2D eigenvalue weighted by molar-refractivity contribution is -0.123. The molecular weight excluding hydrogens is 304 g/mol. The van der Waals surface area contributed by atoms with E-state index in [1.165, 1.54) is 6.07 Å². The number of hydrogen-bond donors (Lipinski definition) is 1. The van der Waals surface area contributed by atoms with Crippen molar-refractivity contribution >= 4 is 21.8 Å². The number of benzene rings is 1. The monoisotopic (exact) mass is 317 g/mol. The van der Waals surface area contributed by atoms with E-state index >= 15 is 0 Å². The summed E-state index contributed by atoms with van der Waals surface area (Å²) in [6.45, 7) is 0. The number of carbonyl (C=O) groups is 1. The molecule has 0 atom stereocenters. The molecule has 0 radical (unpaired) electrons. The van der Waals surface area contributed by atoms with E-state index in [0.717, 1.165) is 36.7 Å². The quantitative estimate of drug-likeness (QED) is 0.850. The Hall–Kier alpha value is -0.970. The van der Waals surface area contributed by atoms with Gasteiger partial charge in [0.25, 0.3) is 0 Å². The van der Waals surface area contributed by atoms with E-state index in [1.54, 1.807) is 0 Å². The molecule has 1 N–H and O–H groups in total. The van der Waals surface area contributed by atoms with Crippen LogP contribution in [0.3, 0.4) is 0 Å². The molecule has 0 aliphatic heterocycles. The van der Waals surface area contributed by atoms with Gasteiger partial charge >= 0.3 is 0 Å². The van der Waals surface area contributed by atoms with Gasteiger partial charge in [-0.1, -0.05) is 22.0 Å². The predicted molar refractivity (Wildman–Crippen MR) is 68.6 cm³/mol. The molecule has 1 fully saturated rings. The van der Waals surface area contributed by atoms with E-state index < -0.39 is 11.6 Å². The van der Waals surface area contributed by atoms with Crippen molar-refractivity contribution in [2.24, 2.45) is 0 Å². The van der Waals surface area contributed by atoms with Gasteiger partial charge in [0.1, 0.15) is 0 Å². The third-order valence-corrected chi connectivity index (χ3v) is 4.39. The number of rotatable bonds is 4. The molecule has 5 heteroatoms. The summed E-state index contributed by atoms with van der Waals surface area (Å²) in [5.74, 6) is -1.96. The summed E-state index contributed by atoms with van der Waals surface area (Å²) in [7, 11) is 0. The lowest BCUT2D eigenvalue weighted by Gasteiger charge is -2.41. The van der Waals surface area contributed by atoms with Crippen LogP contribution < -0.4 is 5.32 Å². The average Bonchev–Trinajstić information content (AvgIpc) is 2.29. The van der Waals surface area contributed by atoms with Crippen LogP contribution in [0.2, 0.25) is 0 Å². The first kappa shape index (κ1) is 13.5. The van der Waals surface area contributed by atoms with Crippen LogP contribution in [0.5, 0.6) is 0 Å². The second kappa shape index (κ2) is 5.34. The van der Waals surface area contributed by atoms with E-state index in [2.05, 4.69) is 21.2 Å². The van der Waals surface area contributed by atoms with Crippen LogP contribution >= 0.6 is 15.9 Å². The highest BCUT2D eigenvalue weighted by Gasteiger charge is 2.37. The number of carbonyl (C=O) groups excluding carboxylic acids is 1. The summed E-state index contributed by atoms with van der Waals surface area (Å²) in [5, 5.41) is 3.69. The van der Waals surface area contributed by atoms with Gasteiger partial charge in [0.15, 0.2) is 11.6 Å². The molecule has 0 saturated heterocycles. The Morgan fingerprint density at radius 2 is 2.06 bits per heavy atom. The molecule has 0 aromatic heterocycles. The smallest absolute Gasteiger partial charge is 0.224 e. The number of nitrogens with one attached hydrogen (secondary N) is 1. The number of hydrogen-bond acceptors (Lipinski definition) is 1. The van der Waals surface area contributed by atoms with Crippen LogP contribution in [0.15, 0.2) is 18.2 Å². The molecule has 2 nitrogen and oxygen atoms in total. The molecule has 0 heterocycles. The minimum absolute atomic E-state index is 0.0753. The van der Waals surface area contributed by atoms with Crippen molar-refractivity contribution in [1.29, 1.82) is 0 Å². The van der Waals surface area contributed by atoms with Gasteiger partial charge in [-0.25, -0.2) is 8.78 Å². The van der Waals surface area contributed by atoms with Gasteiger partial charge in [0.2, 0.25) is 5.91 Å². The molecule has 1 aromatic rings. The Bertz CT molecular complexity index is 455. The summed E-state index contributed by atoms with van der Waals surface area (Å²) in [6.07, 6.45) is 3.10. The largest absolute Gasteiger partial charge is 0.350 e. The topological polar surface area (TPSA) is 29.1 Å². The first-order valence-corrected chi connectivity index (χ1v) is 6.98. The molecule has 0 unspecified atom stereocenters. The van der Waals surface area contributed by atoms with Crippen LogP contribution in [0.25, 0.3) is 0 Å². The SMILES string of the molecule is O=C(Cc1ccc(F)c(F)c1)NC1(CBr)CCC1. The van der Waals surface area contributed by atoms with Gasteiger partial charge in [0.05, 0.1) is 6.42 Å². The van der Waals surface area contributed by atoms with Crippen molar-refractivity contribution in [2.45, 2.75) is 31.2 Å². The fourth-order valence-electron chi connectivity index (χ4n) is 2.07. The Kier molecular flexibility index (Phi) is 4.00. The van der Waals surface area contributed by atoms with Gasteiger partial charge in [-0.05, 0) is 37.0 Å². The highest BCUT2D eigenvalue weighted by Crippen LogP contribution is 2.33. The molecule has 0 spiro atoms. The first-order valence-electron chi connectivity index (χ1n) is 5.86. The summed E-state index contributed by atoms with van der Waals surface area (Å²) in [4.78, 5) is 11.8. The summed E-state index contributed by atoms with van der Waals surface area (Å²) in [5.41, 5.74) is 0.339. The van der Waals surface area contributed by atoms with E-state index in [1.807, 2.05) is 0 Å². The molecule has 1 aliphatic rings. The molecule has 1 saturated carbocycles. The van der Waals surface area contributed by atoms with Crippen molar-refractivity contribution in [3.8, 4) is 0 Å². The fraction of sp³-hybridized carbons (Fsp3) is 0.462. The zero-order chi connectivity index (χ0) is 13.2. The van der Waals surface area contributed by atoms with E-state index in [-0.39, 0.29) is 17.9 Å².